The standard InChI is InChI=1S/C10H15N3O/c1-14-7-6-13-5-4-12-9-2-3-11-8-10(9)13/h2-3,8,12H,4-7H2,1H3. The largest absolute Gasteiger partial charge is 0.383 e. The molecule has 0 aromatic carbocycles. The number of methoxy groups -OCH3 is 1. The molecule has 0 aliphatic carbocycles. The first kappa shape index (κ1) is 9.27. The molecule has 4 nitrogen and oxygen atoms in total. The van der Waals surface area contributed by atoms with Gasteiger partial charge in [-0.2, -0.15) is 0 Å². The van der Waals surface area contributed by atoms with E-state index in [0.717, 1.165) is 26.2 Å². The van der Waals surface area contributed by atoms with Gasteiger partial charge in [-0.1, -0.05) is 0 Å². The molecular formula is C10H15N3O. The minimum absolute atomic E-state index is 0.758. The van der Waals surface area contributed by atoms with Crippen LogP contribution in [0, 0.1) is 0 Å². The molecule has 1 N–H and O–H groups in total. The smallest absolute Gasteiger partial charge is 0.0789 e. The number of anilines is 2. The van der Waals surface area contributed by atoms with E-state index in [2.05, 4.69) is 15.2 Å². The average molecular weight is 193 g/mol. The summed E-state index contributed by atoms with van der Waals surface area (Å²) in [6.07, 6.45) is 3.71. The molecular weight excluding hydrogens is 178 g/mol. The first-order chi connectivity index (χ1) is 6.92. The minimum Gasteiger partial charge on any atom is -0.383 e. The molecule has 0 amide bonds. The molecule has 2 rings (SSSR count). The van der Waals surface area contributed by atoms with Crippen LogP contribution >= 0.6 is 0 Å². The van der Waals surface area contributed by atoms with Crippen molar-refractivity contribution in [2.24, 2.45) is 0 Å². The summed E-state index contributed by atoms with van der Waals surface area (Å²) in [6.45, 7) is 3.69. The lowest BCUT2D eigenvalue weighted by Gasteiger charge is -2.31. The predicted octanol–water partition coefficient (Wildman–Crippen LogP) is 0.960. The highest BCUT2D eigenvalue weighted by Gasteiger charge is 2.15. The Balaban J connectivity index is 2.14. The number of ether oxygens (including phenoxy) is 1. The van der Waals surface area contributed by atoms with Crippen LogP contribution in [-0.4, -0.2) is 38.3 Å². The summed E-state index contributed by atoms with van der Waals surface area (Å²) in [6, 6.07) is 2.01. The molecule has 0 fully saturated rings. The van der Waals surface area contributed by atoms with Gasteiger partial charge in [0.15, 0.2) is 0 Å². The fourth-order valence-electron chi connectivity index (χ4n) is 1.67. The van der Waals surface area contributed by atoms with Crippen molar-refractivity contribution >= 4 is 11.4 Å². The van der Waals surface area contributed by atoms with Crippen LogP contribution in [0.4, 0.5) is 11.4 Å². The number of pyridine rings is 1. The van der Waals surface area contributed by atoms with Gasteiger partial charge in [0.05, 0.1) is 24.2 Å². The summed E-state index contributed by atoms with van der Waals surface area (Å²) in [5.41, 5.74) is 2.35. The third kappa shape index (κ3) is 1.80. The van der Waals surface area contributed by atoms with Gasteiger partial charge < -0.3 is 15.0 Å². The molecule has 14 heavy (non-hydrogen) atoms. The maximum atomic E-state index is 5.08. The van der Waals surface area contributed by atoms with E-state index in [-0.39, 0.29) is 0 Å². The molecule has 0 saturated carbocycles. The SMILES string of the molecule is COCCN1CCNc2ccncc21. The molecule has 1 aromatic rings. The molecule has 1 aliphatic rings. The van der Waals surface area contributed by atoms with Gasteiger partial charge in [0.25, 0.3) is 0 Å². The zero-order valence-electron chi connectivity index (χ0n) is 8.36. The van der Waals surface area contributed by atoms with Crippen LogP contribution in [0.3, 0.4) is 0 Å². The average Bonchev–Trinajstić information content (AvgIpc) is 2.26. The van der Waals surface area contributed by atoms with Crippen LogP contribution in [0.5, 0.6) is 0 Å². The second-order valence-electron chi connectivity index (χ2n) is 3.30. The fourth-order valence-corrected chi connectivity index (χ4v) is 1.67. The number of fused-ring (bicyclic) bond motifs is 1. The van der Waals surface area contributed by atoms with Crippen LogP contribution in [-0.2, 0) is 4.74 Å². The van der Waals surface area contributed by atoms with Gasteiger partial charge in [0.2, 0.25) is 0 Å². The zero-order valence-corrected chi connectivity index (χ0v) is 8.36. The third-order valence-corrected chi connectivity index (χ3v) is 2.40. The Kier molecular flexibility index (Phi) is 2.84. The number of hydrogen-bond acceptors (Lipinski definition) is 4. The first-order valence-electron chi connectivity index (χ1n) is 4.83. The molecule has 76 valence electrons. The van der Waals surface area contributed by atoms with Gasteiger partial charge in [-0.15, -0.1) is 0 Å². The number of hydrogen-bond donors (Lipinski definition) is 1. The zero-order chi connectivity index (χ0) is 9.80. The molecule has 1 aliphatic heterocycles. The van der Waals surface area contributed by atoms with Gasteiger partial charge in [-0.05, 0) is 6.07 Å². The van der Waals surface area contributed by atoms with Crippen molar-refractivity contribution in [3.05, 3.63) is 18.5 Å². The summed E-state index contributed by atoms with van der Waals surface area (Å²) in [4.78, 5) is 6.43. The Morgan fingerprint density at radius 1 is 1.64 bits per heavy atom. The molecule has 2 heterocycles. The van der Waals surface area contributed by atoms with E-state index in [4.69, 9.17) is 4.74 Å². The van der Waals surface area contributed by atoms with Gasteiger partial charge in [-0.3, -0.25) is 4.98 Å². The second-order valence-corrected chi connectivity index (χ2v) is 3.30. The Morgan fingerprint density at radius 3 is 3.43 bits per heavy atom. The van der Waals surface area contributed by atoms with Crippen LogP contribution < -0.4 is 10.2 Å². The number of rotatable bonds is 3. The van der Waals surface area contributed by atoms with Gasteiger partial charge >= 0.3 is 0 Å². The molecule has 0 saturated heterocycles. The number of nitrogens with one attached hydrogen (secondary N) is 1. The first-order valence-corrected chi connectivity index (χ1v) is 4.83. The van der Waals surface area contributed by atoms with E-state index in [9.17, 15) is 0 Å². The van der Waals surface area contributed by atoms with E-state index in [1.54, 1.807) is 7.11 Å². The number of aromatic nitrogens is 1. The summed E-state index contributed by atoms with van der Waals surface area (Å²) in [5, 5.41) is 3.35. The summed E-state index contributed by atoms with van der Waals surface area (Å²) in [5.74, 6) is 0. The second kappa shape index (κ2) is 4.28. The summed E-state index contributed by atoms with van der Waals surface area (Å²) < 4.78 is 5.08. The molecule has 0 unspecified atom stereocenters. The van der Waals surface area contributed by atoms with Gasteiger partial charge in [0.1, 0.15) is 0 Å². The van der Waals surface area contributed by atoms with Gasteiger partial charge in [0, 0.05) is 32.9 Å². The molecule has 0 spiro atoms. The highest BCUT2D eigenvalue weighted by atomic mass is 16.5. The fraction of sp³-hybridized carbons (Fsp3) is 0.500. The third-order valence-electron chi connectivity index (χ3n) is 2.40. The summed E-state index contributed by atoms with van der Waals surface area (Å²) in [7, 11) is 1.73. The Bertz CT molecular complexity index is 303. The maximum absolute atomic E-state index is 5.08. The van der Waals surface area contributed by atoms with Crippen LogP contribution in [0.25, 0.3) is 0 Å². The quantitative estimate of drug-likeness (QED) is 0.776. The van der Waals surface area contributed by atoms with Crippen molar-refractivity contribution in [2.45, 2.75) is 0 Å². The Labute approximate surface area is 83.9 Å². The van der Waals surface area contributed by atoms with Crippen molar-refractivity contribution < 1.29 is 4.74 Å². The predicted molar refractivity (Wildman–Crippen MR) is 56.8 cm³/mol. The minimum atomic E-state index is 0.758. The number of nitrogens with zero attached hydrogens (tertiary/aromatic N) is 2. The molecule has 1 aromatic heterocycles. The highest BCUT2D eigenvalue weighted by Crippen LogP contribution is 2.26. The Morgan fingerprint density at radius 2 is 2.57 bits per heavy atom. The topological polar surface area (TPSA) is 37.4 Å². The molecule has 0 bridgehead atoms. The van der Waals surface area contributed by atoms with Crippen LogP contribution in [0.1, 0.15) is 0 Å². The van der Waals surface area contributed by atoms with Crippen LogP contribution in [0.2, 0.25) is 0 Å². The lowest BCUT2D eigenvalue weighted by atomic mass is 10.2. The summed E-state index contributed by atoms with van der Waals surface area (Å²) >= 11 is 0. The van der Waals surface area contributed by atoms with E-state index in [0.29, 0.717) is 0 Å². The normalized spacial score (nSPS) is 14.8. The molecule has 4 heteroatoms. The van der Waals surface area contributed by atoms with Crippen LogP contribution in [0.15, 0.2) is 18.5 Å². The van der Waals surface area contributed by atoms with E-state index >= 15 is 0 Å². The van der Waals surface area contributed by atoms with Crippen molar-refractivity contribution in [3.8, 4) is 0 Å². The van der Waals surface area contributed by atoms with Gasteiger partial charge in [-0.25, -0.2) is 0 Å². The van der Waals surface area contributed by atoms with Crippen molar-refractivity contribution in [1.29, 1.82) is 0 Å². The van der Waals surface area contributed by atoms with Crippen molar-refractivity contribution in [1.82, 2.24) is 4.98 Å². The lowest BCUT2D eigenvalue weighted by Crippen LogP contribution is -2.36. The van der Waals surface area contributed by atoms with E-state index < -0.39 is 0 Å². The molecule has 0 atom stereocenters. The van der Waals surface area contributed by atoms with E-state index in [1.165, 1.54) is 11.4 Å². The van der Waals surface area contributed by atoms with E-state index in [1.807, 2.05) is 18.5 Å². The lowest BCUT2D eigenvalue weighted by molar-refractivity contribution is 0.205. The maximum Gasteiger partial charge on any atom is 0.0789 e. The van der Waals surface area contributed by atoms with Crippen molar-refractivity contribution in [3.63, 3.8) is 0 Å². The molecule has 0 radical (unpaired) electrons. The van der Waals surface area contributed by atoms with Crippen molar-refractivity contribution in [2.75, 3.05) is 43.6 Å². The monoisotopic (exact) mass is 193 g/mol. The Hall–Kier alpha value is -1.29. The highest BCUT2D eigenvalue weighted by molar-refractivity contribution is 5.70.